The fraction of sp³-hybridized carbons (Fsp3) is 0.529. The molecule has 5 heteroatoms. The van der Waals surface area contributed by atoms with Gasteiger partial charge in [-0.1, -0.05) is 37.3 Å². The maximum Gasteiger partial charge on any atom is 0.411 e. The van der Waals surface area contributed by atoms with Crippen LogP contribution in [0, 0.1) is 5.92 Å². The molecule has 1 N–H and O–H groups in total. The van der Waals surface area contributed by atoms with Crippen molar-refractivity contribution in [2.75, 3.05) is 0 Å². The van der Waals surface area contributed by atoms with Gasteiger partial charge in [0.2, 0.25) is 0 Å². The Bertz CT molecular complexity index is 564. The molecule has 1 aromatic rings. The van der Waals surface area contributed by atoms with E-state index in [1.54, 1.807) is 20.8 Å². The second kappa shape index (κ2) is 5.63. The highest BCUT2D eigenvalue weighted by molar-refractivity contribution is 5.88. The van der Waals surface area contributed by atoms with E-state index in [-0.39, 0.29) is 12.5 Å². The lowest BCUT2D eigenvalue weighted by Gasteiger charge is -2.32. The highest BCUT2D eigenvalue weighted by Gasteiger charge is 2.64. The van der Waals surface area contributed by atoms with Crippen molar-refractivity contribution in [1.29, 1.82) is 0 Å². The van der Waals surface area contributed by atoms with Crippen molar-refractivity contribution in [2.24, 2.45) is 5.92 Å². The van der Waals surface area contributed by atoms with E-state index in [9.17, 15) is 14.7 Å². The molecule has 120 valence electrons. The summed E-state index contributed by atoms with van der Waals surface area (Å²) >= 11 is 0. The molecule has 1 aliphatic rings. The number of hydrogen-bond donors (Lipinski definition) is 1. The predicted molar refractivity (Wildman–Crippen MR) is 82.4 cm³/mol. The van der Waals surface area contributed by atoms with Crippen LogP contribution in [0.1, 0.15) is 39.7 Å². The normalized spacial score (nSPS) is 23.7. The number of nitrogens with zero attached hydrogens (tertiary/aromatic N) is 1. The summed E-state index contributed by atoms with van der Waals surface area (Å²) in [5.74, 6) is -1.05. The van der Waals surface area contributed by atoms with Crippen LogP contribution >= 0.6 is 0 Å². The lowest BCUT2D eigenvalue weighted by Crippen LogP contribution is -2.49. The van der Waals surface area contributed by atoms with Crippen LogP contribution < -0.4 is 0 Å². The molecule has 0 saturated heterocycles. The zero-order valence-corrected chi connectivity index (χ0v) is 13.5. The number of hydrogen-bond acceptors (Lipinski definition) is 3. The molecule has 1 amide bonds. The Morgan fingerprint density at radius 3 is 2.27 bits per heavy atom. The molecule has 0 aliphatic heterocycles. The Morgan fingerprint density at radius 1 is 1.32 bits per heavy atom. The first-order chi connectivity index (χ1) is 10.2. The van der Waals surface area contributed by atoms with Crippen LogP contribution in [0.15, 0.2) is 30.3 Å². The molecule has 1 saturated carbocycles. The van der Waals surface area contributed by atoms with E-state index in [1.165, 1.54) is 4.90 Å². The zero-order valence-electron chi connectivity index (χ0n) is 13.5. The van der Waals surface area contributed by atoms with Gasteiger partial charge in [0, 0.05) is 0 Å². The second-order valence-corrected chi connectivity index (χ2v) is 6.89. The first-order valence-electron chi connectivity index (χ1n) is 7.45. The lowest BCUT2D eigenvalue weighted by molar-refractivity contribution is -0.146. The maximum absolute atomic E-state index is 12.5. The van der Waals surface area contributed by atoms with Gasteiger partial charge >= 0.3 is 12.1 Å². The maximum atomic E-state index is 12.5. The molecule has 0 spiro atoms. The molecule has 1 aliphatic carbocycles. The van der Waals surface area contributed by atoms with E-state index in [2.05, 4.69) is 0 Å². The summed E-state index contributed by atoms with van der Waals surface area (Å²) in [6.07, 6.45) is -0.128. The molecule has 2 atom stereocenters. The predicted octanol–water partition coefficient (Wildman–Crippen LogP) is 3.29. The Morgan fingerprint density at radius 2 is 1.86 bits per heavy atom. The first-order valence-corrected chi connectivity index (χ1v) is 7.45. The molecule has 0 bridgehead atoms. The molecule has 22 heavy (non-hydrogen) atoms. The fourth-order valence-corrected chi connectivity index (χ4v) is 2.65. The molecule has 0 heterocycles. The van der Waals surface area contributed by atoms with Gasteiger partial charge in [-0.05, 0) is 38.7 Å². The van der Waals surface area contributed by atoms with Crippen molar-refractivity contribution in [3.63, 3.8) is 0 Å². The third kappa shape index (κ3) is 3.24. The summed E-state index contributed by atoms with van der Waals surface area (Å²) < 4.78 is 5.42. The van der Waals surface area contributed by atoms with Gasteiger partial charge in [0.25, 0.3) is 0 Å². The van der Waals surface area contributed by atoms with Gasteiger partial charge in [0.15, 0.2) is 0 Å². The van der Waals surface area contributed by atoms with Crippen molar-refractivity contribution in [1.82, 2.24) is 4.90 Å². The van der Waals surface area contributed by atoms with E-state index in [1.807, 2.05) is 37.3 Å². The van der Waals surface area contributed by atoms with Crippen molar-refractivity contribution < 1.29 is 19.4 Å². The first kappa shape index (κ1) is 16.3. The Hall–Kier alpha value is -2.04. The van der Waals surface area contributed by atoms with E-state index in [0.29, 0.717) is 6.42 Å². The summed E-state index contributed by atoms with van der Waals surface area (Å²) in [6.45, 7) is 7.39. The Balaban J connectivity index is 2.29. The molecule has 0 radical (unpaired) electrons. The minimum atomic E-state index is -1.15. The number of carboxylic acid groups (broad SMARTS) is 1. The monoisotopic (exact) mass is 305 g/mol. The van der Waals surface area contributed by atoms with Gasteiger partial charge < -0.3 is 9.84 Å². The molecular formula is C17H23NO4. The molecule has 0 unspecified atom stereocenters. The quantitative estimate of drug-likeness (QED) is 0.927. The summed E-state index contributed by atoms with van der Waals surface area (Å²) in [5.41, 5.74) is -0.935. The number of ether oxygens (including phenoxy) is 1. The summed E-state index contributed by atoms with van der Waals surface area (Å²) in [5, 5.41) is 9.62. The van der Waals surface area contributed by atoms with Crippen LogP contribution in [0.25, 0.3) is 0 Å². The molecule has 1 fully saturated rings. The van der Waals surface area contributed by atoms with Crippen LogP contribution in [0.4, 0.5) is 4.79 Å². The smallest absolute Gasteiger partial charge is 0.411 e. The minimum Gasteiger partial charge on any atom is -0.479 e. The Kier molecular flexibility index (Phi) is 4.18. The van der Waals surface area contributed by atoms with Crippen LogP contribution in [-0.4, -0.2) is 33.2 Å². The number of benzene rings is 1. The summed E-state index contributed by atoms with van der Waals surface area (Å²) in [6, 6.07) is 9.37. The third-order valence-electron chi connectivity index (χ3n) is 3.92. The van der Waals surface area contributed by atoms with Crippen molar-refractivity contribution in [2.45, 2.75) is 51.8 Å². The molecule has 5 nitrogen and oxygen atoms in total. The lowest BCUT2D eigenvalue weighted by atomic mass is 10.1. The van der Waals surface area contributed by atoms with Gasteiger partial charge in [-0.15, -0.1) is 0 Å². The molecule has 2 rings (SSSR count). The summed E-state index contributed by atoms with van der Waals surface area (Å²) in [4.78, 5) is 25.6. The number of carbonyl (C=O) groups excluding carboxylic acids is 1. The molecule has 0 aromatic heterocycles. The van der Waals surface area contributed by atoms with Crippen LogP contribution in [0.5, 0.6) is 0 Å². The third-order valence-corrected chi connectivity index (χ3v) is 3.92. The second-order valence-electron chi connectivity index (χ2n) is 6.89. The number of carboxylic acids is 1. The highest BCUT2D eigenvalue weighted by Crippen LogP contribution is 2.49. The standard InChI is InChI=1S/C17H23NO4/c1-12-10-17(12,14(19)20)18(15(21)22-16(2,3)4)11-13-8-6-5-7-9-13/h5-9,12H,10-11H2,1-4H3,(H,19,20)/t12-,17-/m1/s1. The number of rotatable bonds is 4. The van der Waals surface area contributed by atoms with Gasteiger partial charge in [0.05, 0.1) is 6.54 Å². The van der Waals surface area contributed by atoms with Gasteiger partial charge in [-0.3, -0.25) is 4.90 Å². The minimum absolute atomic E-state index is 0.0822. The van der Waals surface area contributed by atoms with Crippen molar-refractivity contribution in [3.05, 3.63) is 35.9 Å². The van der Waals surface area contributed by atoms with Crippen molar-refractivity contribution >= 4 is 12.1 Å². The fourth-order valence-electron chi connectivity index (χ4n) is 2.65. The average molecular weight is 305 g/mol. The number of aliphatic carboxylic acids is 1. The van der Waals surface area contributed by atoms with E-state index < -0.39 is 23.2 Å². The SMILES string of the molecule is C[C@@H]1C[C@@]1(C(=O)O)N(Cc1ccccc1)C(=O)OC(C)(C)C. The van der Waals surface area contributed by atoms with E-state index >= 15 is 0 Å². The summed E-state index contributed by atoms with van der Waals surface area (Å²) in [7, 11) is 0. The van der Waals surface area contributed by atoms with Crippen LogP contribution in [-0.2, 0) is 16.1 Å². The van der Waals surface area contributed by atoms with E-state index in [4.69, 9.17) is 4.74 Å². The van der Waals surface area contributed by atoms with Gasteiger partial charge in [0.1, 0.15) is 11.1 Å². The number of amides is 1. The van der Waals surface area contributed by atoms with Gasteiger partial charge in [-0.25, -0.2) is 9.59 Å². The average Bonchev–Trinajstić information content (AvgIpc) is 3.08. The largest absolute Gasteiger partial charge is 0.479 e. The van der Waals surface area contributed by atoms with Crippen LogP contribution in [0.3, 0.4) is 0 Å². The Labute approximate surface area is 130 Å². The van der Waals surface area contributed by atoms with E-state index in [0.717, 1.165) is 5.56 Å². The zero-order chi connectivity index (χ0) is 16.5. The highest BCUT2D eigenvalue weighted by atomic mass is 16.6. The topological polar surface area (TPSA) is 66.8 Å². The molecule has 1 aromatic carbocycles. The molecular weight excluding hydrogens is 282 g/mol. The van der Waals surface area contributed by atoms with Crippen LogP contribution in [0.2, 0.25) is 0 Å². The van der Waals surface area contributed by atoms with Gasteiger partial charge in [-0.2, -0.15) is 0 Å². The number of carbonyl (C=O) groups is 2. The van der Waals surface area contributed by atoms with Crippen molar-refractivity contribution in [3.8, 4) is 0 Å².